The summed E-state index contributed by atoms with van der Waals surface area (Å²) >= 11 is 3.13. The Bertz CT molecular complexity index is 1070. The molecule has 0 unspecified atom stereocenters. The summed E-state index contributed by atoms with van der Waals surface area (Å²) in [6, 6.07) is 16.7. The number of thiazole rings is 1. The Hall–Kier alpha value is -3.63. The van der Waals surface area contributed by atoms with E-state index in [-0.39, 0.29) is 0 Å². The lowest BCUT2D eigenvalue weighted by Gasteiger charge is -2.13. The van der Waals surface area contributed by atoms with E-state index in [1.807, 2.05) is 30.5 Å². The van der Waals surface area contributed by atoms with Gasteiger partial charge in [-0.1, -0.05) is 0 Å². The molecule has 1 fully saturated rings. The summed E-state index contributed by atoms with van der Waals surface area (Å²) in [7, 11) is 0. The Morgan fingerprint density at radius 1 is 0.765 bits per heavy atom. The zero-order valence-electron chi connectivity index (χ0n) is 19.4. The van der Waals surface area contributed by atoms with E-state index in [0.29, 0.717) is 5.13 Å². The normalized spacial score (nSPS) is 11.9. The van der Waals surface area contributed by atoms with Gasteiger partial charge in [0.1, 0.15) is 0 Å². The lowest BCUT2D eigenvalue weighted by atomic mass is 10.2. The van der Waals surface area contributed by atoms with Crippen molar-refractivity contribution in [2.75, 3.05) is 52.4 Å². The molecule has 0 atom stereocenters. The van der Waals surface area contributed by atoms with Crippen LogP contribution in [0.5, 0.6) is 0 Å². The van der Waals surface area contributed by atoms with E-state index in [9.17, 15) is 0 Å². The highest BCUT2D eigenvalue weighted by molar-refractivity contribution is 7.19. The molecule has 4 aromatic rings. The Labute approximate surface area is 209 Å². The van der Waals surface area contributed by atoms with Crippen LogP contribution < -0.4 is 39.3 Å². The van der Waals surface area contributed by atoms with Crippen molar-refractivity contribution >= 4 is 60.6 Å². The third kappa shape index (κ3) is 9.88. The fraction of sp³-hybridized carbons (Fsp3) is 0.208. The fourth-order valence-electron chi connectivity index (χ4n) is 2.88. The van der Waals surface area contributed by atoms with Crippen LogP contribution in [0.4, 0.5) is 37.9 Å². The SMILES string of the molecule is Cc1cc(N)ccc1N.Nc1ccc(N)cc1.Nc1ccc(N2CCCC2)s1.Nc1nccs1. The predicted octanol–water partition coefficient (Wildman–Crippen LogP) is 4.67. The first-order chi connectivity index (χ1) is 16.2. The van der Waals surface area contributed by atoms with E-state index in [4.69, 9.17) is 34.4 Å². The van der Waals surface area contributed by atoms with Crippen molar-refractivity contribution in [2.45, 2.75) is 19.8 Å². The standard InChI is InChI=1S/C8H12N2S.C7H10N2.C6H8N2.C3H4N2S/c9-7-3-4-8(11-7)10-5-1-2-6-10;1-5-4-6(8)2-3-7(5)9;7-5-1-2-6(8)4-3-5;4-3-5-1-2-6-3/h3-4H,1-2,5-6,9H2;2-4H,8-9H2,1H3;1-4H,7-8H2;1-2H,(H2,4,5). The molecule has 34 heavy (non-hydrogen) atoms. The smallest absolute Gasteiger partial charge is 0.179 e. The Morgan fingerprint density at radius 3 is 1.74 bits per heavy atom. The van der Waals surface area contributed by atoms with E-state index in [0.717, 1.165) is 33.3 Å². The van der Waals surface area contributed by atoms with Crippen LogP contribution in [0.3, 0.4) is 0 Å². The molecule has 3 heterocycles. The largest absolute Gasteiger partial charge is 0.399 e. The molecule has 2 aromatic heterocycles. The molecule has 0 spiro atoms. The van der Waals surface area contributed by atoms with Gasteiger partial charge in [0.15, 0.2) is 5.13 Å². The Morgan fingerprint density at radius 2 is 1.35 bits per heavy atom. The highest BCUT2D eigenvalue weighted by atomic mass is 32.1. The van der Waals surface area contributed by atoms with Gasteiger partial charge in [0.25, 0.3) is 0 Å². The van der Waals surface area contributed by atoms with Crippen molar-refractivity contribution in [3.05, 3.63) is 71.7 Å². The van der Waals surface area contributed by atoms with Gasteiger partial charge in [-0.2, -0.15) is 0 Å². The molecular weight excluding hydrogens is 464 g/mol. The zero-order chi connectivity index (χ0) is 24.9. The molecule has 0 amide bonds. The van der Waals surface area contributed by atoms with Crippen molar-refractivity contribution < 1.29 is 0 Å². The Kier molecular flexibility index (Phi) is 10.8. The molecule has 0 aliphatic carbocycles. The maximum absolute atomic E-state index is 5.64. The van der Waals surface area contributed by atoms with Crippen LogP contribution in [-0.2, 0) is 0 Å². The summed E-state index contributed by atoms with van der Waals surface area (Å²) in [5, 5.41) is 4.73. The van der Waals surface area contributed by atoms with Gasteiger partial charge in [-0.25, -0.2) is 4.98 Å². The van der Waals surface area contributed by atoms with Gasteiger partial charge in [-0.05, 0) is 79.9 Å². The number of nitrogens with two attached hydrogens (primary N) is 6. The van der Waals surface area contributed by atoms with Gasteiger partial charge < -0.3 is 39.3 Å². The first-order valence-electron chi connectivity index (χ1n) is 10.7. The Balaban J connectivity index is 0.000000164. The third-order valence-corrected chi connectivity index (χ3v) is 6.29. The minimum Gasteiger partial charge on any atom is -0.399 e. The number of thiophene rings is 1. The number of rotatable bonds is 1. The van der Waals surface area contributed by atoms with Crippen molar-refractivity contribution in [3.8, 4) is 0 Å². The quantitative estimate of drug-likeness (QED) is 0.205. The average Bonchev–Trinajstić information content (AvgIpc) is 3.58. The van der Waals surface area contributed by atoms with Crippen LogP contribution in [0.1, 0.15) is 18.4 Å². The summed E-state index contributed by atoms with van der Waals surface area (Å²) in [4.78, 5) is 6.12. The molecule has 5 rings (SSSR count). The van der Waals surface area contributed by atoms with Crippen LogP contribution >= 0.6 is 22.7 Å². The number of nitrogen functional groups attached to an aromatic ring is 6. The second-order valence-corrected chi connectivity index (χ2v) is 9.54. The highest BCUT2D eigenvalue weighted by Gasteiger charge is 2.13. The number of nitrogens with zero attached hydrogens (tertiary/aromatic N) is 2. The molecule has 10 heteroatoms. The van der Waals surface area contributed by atoms with Crippen LogP contribution in [0, 0.1) is 6.92 Å². The van der Waals surface area contributed by atoms with Crippen LogP contribution in [-0.4, -0.2) is 18.1 Å². The molecule has 0 radical (unpaired) electrons. The van der Waals surface area contributed by atoms with E-state index in [1.54, 1.807) is 47.9 Å². The molecule has 182 valence electrons. The van der Waals surface area contributed by atoms with Crippen molar-refractivity contribution in [1.29, 1.82) is 0 Å². The summed E-state index contributed by atoms with van der Waals surface area (Å²) in [5.41, 5.74) is 36.7. The van der Waals surface area contributed by atoms with Crippen molar-refractivity contribution in [2.24, 2.45) is 0 Å². The topological polar surface area (TPSA) is 172 Å². The minimum atomic E-state index is 0.634. The average molecular weight is 499 g/mol. The summed E-state index contributed by atoms with van der Waals surface area (Å²) in [6.45, 7) is 4.35. The molecule has 0 saturated carbocycles. The number of benzene rings is 2. The molecule has 2 aromatic carbocycles. The molecule has 0 bridgehead atoms. The van der Waals surface area contributed by atoms with Crippen molar-refractivity contribution in [1.82, 2.24) is 4.98 Å². The zero-order valence-corrected chi connectivity index (χ0v) is 21.0. The van der Waals surface area contributed by atoms with E-state index < -0.39 is 0 Å². The van der Waals surface area contributed by atoms with Gasteiger partial charge in [-0.3, -0.25) is 0 Å². The lowest BCUT2D eigenvalue weighted by Crippen LogP contribution is -2.15. The number of aromatic nitrogens is 1. The first kappa shape index (κ1) is 26.6. The number of aryl methyl sites for hydroxylation is 1. The minimum absolute atomic E-state index is 0.634. The first-order valence-corrected chi connectivity index (χ1v) is 12.4. The van der Waals surface area contributed by atoms with Crippen LogP contribution in [0.25, 0.3) is 0 Å². The van der Waals surface area contributed by atoms with E-state index in [1.165, 1.54) is 42.3 Å². The van der Waals surface area contributed by atoms with Crippen LogP contribution in [0.15, 0.2) is 66.2 Å². The van der Waals surface area contributed by atoms with Gasteiger partial charge in [-0.15, -0.1) is 22.7 Å². The molecule has 1 aliphatic rings. The maximum Gasteiger partial charge on any atom is 0.179 e. The van der Waals surface area contributed by atoms with Gasteiger partial charge in [0.2, 0.25) is 0 Å². The van der Waals surface area contributed by atoms with E-state index >= 15 is 0 Å². The van der Waals surface area contributed by atoms with E-state index in [2.05, 4.69) is 16.0 Å². The fourth-order valence-corrected chi connectivity index (χ4v) is 4.09. The van der Waals surface area contributed by atoms with Gasteiger partial charge in [0.05, 0.1) is 10.0 Å². The van der Waals surface area contributed by atoms with Crippen LogP contribution in [0.2, 0.25) is 0 Å². The van der Waals surface area contributed by atoms with Gasteiger partial charge in [0, 0.05) is 47.4 Å². The van der Waals surface area contributed by atoms with Crippen molar-refractivity contribution in [3.63, 3.8) is 0 Å². The third-order valence-electron chi connectivity index (χ3n) is 4.71. The monoisotopic (exact) mass is 498 g/mol. The summed E-state index contributed by atoms with van der Waals surface area (Å²) in [5.74, 6) is 0. The second kappa shape index (κ2) is 13.8. The molecule has 8 nitrogen and oxygen atoms in total. The number of hydrogen-bond acceptors (Lipinski definition) is 10. The molecule has 12 N–H and O–H groups in total. The number of anilines is 7. The van der Waals surface area contributed by atoms with Gasteiger partial charge >= 0.3 is 0 Å². The summed E-state index contributed by atoms with van der Waals surface area (Å²) < 4.78 is 0. The molecular formula is C24H34N8S2. The molecule has 1 aliphatic heterocycles. The molecule has 1 saturated heterocycles. The predicted molar refractivity (Wildman–Crippen MR) is 152 cm³/mol. The number of hydrogen-bond donors (Lipinski definition) is 6. The second-order valence-electron chi connectivity index (χ2n) is 7.52. The highest BCUT2D eigenvalue weighted by Crippen LogP contribution is 2.29. The summed E-state index contributed by atoms with van der Waals surface area (Å²) in [6.07, 6.45) is 4.34. The maximum atomic E-state index is 5.64. The lowest BCUT2D eigenvalue weighted by molar-refractivity contribution is 0.949.